The number of fused-ring (bicyclic) bond motifs is 1. The molecule has 0 amide bonds. The maximum atomic E-state index is 12.3. The van der Waals surface area contributed by atoms with Crippen LogP contribution in [0.4, 0.5) is 0 Å². The maximum absolute atomic E-state index is 12.3. The van der Waals surface area contributed by atoms with Crippen LogP contribution in [0.5, 0.6) is 0 Å². The highest BCUT2D eigenvalue weighted by molar-refractivity contribution is 7.89. The summed E-state index contributed by atoms with van der Waals surface area (Å²) in [7, 11) is -3.50. The zero-order chi connectivity index (χ0) is 16.2. The van der Waals surface area contributed by atoms with Crippen molar-refractivity contribution in [2.24, 2.45) is 5.92 Å². The van der Waals surface area contributed by atoms with Gasteiger partial charge in [-0.1, -0.05) is 31.2 Å². The van der Waals surface area contributed by atoms with Crippen molar-refractivity contribution in [3.05, 3.63) is 35.4 Å². The first-order valence-electron chi connectivity index (χ1n) is 7.68. The monoisotopic (exact) mass is 325 g/mol. The molecule has 0 unspecified atom stereocenters. The average molecular weight is 325 g/mol. The van der Waals surface area contributed by atoms with Gasteiger partial charge in [-0.3, -0.25) is 4.79 Å². The molecule has 0 spiro atoms. The quantitative estimate of drug-likeness (QED) is 0.792. The number of sulfonamides is 1. The first kappa shape index (κ1) is 17.0. The second-order valence-corrected chi connectivity index (χ2v) is 7.96. The summed E-state index contributed by atoms with van der Waals surface area (Å²) in [6.07, 6.45) is 3.02. The van der Waals surface area contributed by atoms with Gasteiger partial charge < -0.3 is 5.11 Å². The van der Waals surface area contributed by atoms with E-state index in [-0.39, 0.29) is 12.3 Å². The topological polar surface area (TPSA) is 74.7 Å². The SMILES string of the molecule is CCCN(CC(=O)O)S(=O)(=O)CCC1Cc2ccccc2C1. The third-order valence-electron chi connectivity index (χ3n) is 4.10. The standard InChI is InChI=1S/C16H23NO4S/c1-2-8-17(12-16(18)19)22(20,21)9-7-13-10-14-5-3-4-6-15(14)11-13/h3-6,13H,2,7-12H2,1H3,(H,18,19). The van der Waals surface area contributed by atoms with Gasteiger partial charge in [0.05, 0.1) is 5.75 Å². The summed E-state index contributed by atoms with van der Waals surface area (Å²) in [5.41, 5.74) is 2.61. The summed E-state index contributed by atoms with van der Waals surface area (Å²) in [4.78, 5) is 10.8. The van der Waals surface area contributed by atoms with Gasteiger partial charge >= 0.3 is 5.97 Å². The molecule has 0 radical (unpaired) electrons. The number of rotatable bonds is 8. The number of carbonyl (C=O) groups is 1. The molecule has 2 rings (SSSR count). The van der Waals surface area contributed by atoms with Gasteiger partial charge in [0.15, 0.2) is 0 Å². The lowest BCUT2D eigenvalue weighted by molar-refractivity contribution is -0.137. The van der Waals surface area contributed by atoms with Gasteiger partial charge in [-0.2, -0.15) is 4.31 Å². The highest BCUT2D eigenvalue weighted by atomic mass is 32.2. The minimum atomic E-state index is -3.50. The molecule has 1 N–H and O–H groups in total. The molecule has 0 saturated heterocycles. The van der Waals surface area contributed by atoms with Gasteiger partial charge in [-0.05, 0) is 42.7 Å². The Morgan fingerprint density at radius 3 is 2.36 bits per heavy atom. The Hall–Kier alpha value is -1.40. The van der Waals surface area contributed by atoms with E-state index in [1.807, 2.05) is 19.1 Å². The molecule has 122 valence electrons. The molecule has 1 aromatic rings. The van der Waals surface area contributed by atoms with E-state index in [1.54, 1.807) is 0 Å². The van der Waals surface area contributed by atoms with Crippen LogP contribution < -0.4 is 0 Å². The molecular weight excluding hydrogens is 302 g/mol. The van der Waals surface area contributed by atoms with Crippen molar-refractivity contribution in [3.63, 3.8) is 0 Å². The van der Waals surface area contributed by atoms with E-state index in [0.29, 0.717) is 18.8 Å². The Morgan fingerprint density at radius 1 is 1.27 bits per heavy atom. The van der Waals surface area contributed by atoms with E-state index in [2.05, 4.69) is 12.1 Å². The summed E-state index contributed by atoms with van der Waals surface area (Å²) < 4.78 is 25.8. The number of hydrogen-bond acceptors (Lipinski definition) is 3. The zero-order valence-corrected chi connectivity index (χ0v) is 13.7. The van der Waals surface area contributed by atoms with E-state index in [9.17, 15) is 13.2 Å². The highest BCUT2D eigenvalue weighted by Gasteiger charge is 2.27. The van der Waals surface area contributed by atoms with Crippen LogP contribution in [0.3, 0.4) is 0 Å². The van der Waals surface area contributed by atoms with Crippen molar-refractivity contribution >= 4 is 16.0 Å². The maximum Gasteiger partial charge on any atom is 0.318 e. The van der Waals surface area contributed by atoms with Crippen molar-refractivity contribution in [2.75, 3.05) is 18.8 Å². The fourth-order valence-electron chi connectivity index (χ4n) is 3.02. The van der Waals surface area contributed by atoms with Crippen molar-refractivity contribution in [1.82, 2.24) is 4.31 Å². The molecule has 1 aliphatic carbocycles. The Kier molecular flexibility index (Phi) is 5.58. The Bertz CT molecular complexity index is 602. The summed E-state index contributed by atoms with van der Waals surface area (Å²) in [6.45, 7) is 1.67. The third-order valence-corrected chi connectivity index (χ3v) is 5.95. The molecule has 6 heteroatoms. The minimum absolute atomic E-state index is 0.0267. The third kappa shape index (κ3) is 4.30. The number of aliphatic carboxylic acids is 1. The predicted octanol–water partition coefficient (Wildman–Crippen LogP) is 1.92. The van der Waals surface area contributed by atoms with Crippen molar-refractivity contribution in [3.8, 4) is 0 Å². The summed E-state index contributed by atoms with van der Waals surface area (Å²) in [5.74, 6) is -0.746. The molecule has 0 aromatic heterocycles. The molecule has 0 aliphatic heterocycles. The van der Waals surface area contributed by atoms with Crippen LogP contribution >= 0.6 is 0 Å². The van der Waals surface area contributed by atoms with E-state index in [1.165, 1.54) is 11.1 Å². The van der Waals surface area contributed by atoms with Gasteiger partial charge in [-0.25, -0.2) is 8.42 Å². The van der Waals surface area contributed by atoms with Crippen molar-refractivity contribution in [2.45, 2.75) is 32.6 Å². The second-order valence-electron chi connectivity index (χ2n) is 5.87. The summed E-state index contributed by atoms with van der Waals surface area (Å²) in [6, 6.07) is 8.21. The fourth-order valence-corrected chi connectivity index (χ4v) is 4.67. The molecular formula is C16H23NO4S. The highest BCUT2D eigenvalue weighted by Crippen LogP contribution is 2.29. The van der Waals surface area contributed by atoms with Gasteiger partial charge in [0, 0.05) is 6.54 Å². The largest absolute Gasteiger partial charge is 0.480 e. The Labute approximate surface area is 132 Å². The number of nitrogens with zero attached hydrogens (tertiary/aromatic N) is 1. The molecule has 1 aromatic carbocycles. The molecule has 0 atom stereocenters. The van der Waals surface area contributed by atoms with E-state index >= 15 is 0 Å². The van der Waals surface area contributed by atoms with Crippen LogP contribution in [-0.4, -0.2) is 42.6 Å². The van der Waals surface area contributed by atoms with E-state index < -0.39 is 22.5 Å². The van der Waals surface area contributed by atoms with Crippen LogP contribution in [0.2, 0.25) is 0 Å². The first-order chi connectivity index (χ1) is 10.4. The lowest BCUT2D eigenvalue weighted by Gasteiger charge is -2.20. The van der Waals surface area contributed by atoms with Gasteiger partial charge in [0.1, 0.15) is 6.54 Å². The van der Waals surface area contributed by atoms with Crippen molar-refractivity contribution < 1.29 is 18.3 Å². The van der Waals surface area contributed by atoms with Crippen LogP contribution in [0.15, 0.2) is 24.3 Å². The minimum Gasteiger partial charge on any atom is -0.480 e. The molecule has 0 heterocycles. The Balaban J connectivity index is 1.94. The van der Waals surface area contributed by atoms with E-state index in [4.69, 9.17) is 5.11 Å². The lowest BCUT2D eigenvalue weighted by atomic mass is 10.0. The van der Waals surface area contributed by atoms with Crippen LogP contribution in [0, 0.1) is 5.92 Å². The van der Waals surface area contributed by atoms with Gasteiger partial charge in [-0.15, -0.1) is 0 Å². The second kappa shape index (κ2) is 7.24. The van der Waals surface area contributed by atoms with Gasteiger partial charge in [0.2, 0.25) is 10.0 Å². The zero-order valence-electron chi connectivity index (χ0n) is 12.9. The number of carboxylic acids is 1. The number of carboxylic acid groups (broad SMARTS) is 1. The molecule has 5 nitrogen and oxygen atoms in total. The summed E-state index contributed by atoms with van der Waals surface area (Å²) >= 11 is 0. The smallest absolute Gasteiger partial charge is 0.318 e. The molecule has 0 bridgehead atoms. The van der Waals surface area contributed by atoms with Crippen LogP contribution in [-0.2, 0) is 27.7 Å². The average Bonchev–Trinajstić information content (AvgIpc) is 2.87. The van der Waals surface area contributed by atoms with Gasteiger partial charge in [0.25, 0.3) is 0 Å². The number of hydrogen-bond donors (Lipinski definition) is 1. The number of benzene rings is 1. The van der Waals surface area contributed by atoms with Crippen molar-refractivity contribution in [1.29, 1.82) is 0 Å². The molecule has 0 fully saturated rings. The predicted molar refractivity (Wildman–Crippen MR) is 85.2 cm³/mol. The fraction of sp³-hybridized carbons (Fsp3) is 0.562. The molecule has 22 heavy (non-hydrogen) atoms. The molecule has 1 aliphatic rings. The van der Waals surface area contributed by atoms with Crippen LogP contribution in [0.1, 0.15) is 30.9 Å². The normalized spacial score (nSPS) is 15.2. The van der Waals surface area contributed by atoms with E-state index in [0.717, 1.165) is 17.1 Å². The Morgan fingerprint density at radius 2 is 1.86 bits per heavy atom. The first-order valence-corrected chi connectivity index (χ1v) is 9.29. The molecule has 0 saturated carbocycles. The van der Waals surface area contributed by atoms with Crippen LogP contribution in [0.25, 0.3) is 0 Å². The lowest BCUT2D eigenvalue weighted by Crippen LogP contribution is -2.38. The summed E-state index contributed by atoms with van der Waals surface area (Å²) in [5, 5.41) is 8.87.